The Kier molecular flexibility index (Phi) is 7.33. The topological polar surface area (TPSA) is 86.1 Å². The Bertz CT molecular complexity index is 1320. The zero-order valence-electron chi connectivity index (χ0n) is 20.6. The van der Waals surface area contributed by atoms with Crippen molar-refractivity contribution in [2.45, 2.75) is 25.5 Å². The number of ether oxygens (including phenoxy) is 3. The van der Waals surface area contributed by atoms with Crippen molar-refractivity contribution in [2.75, 3.05) is 56.8 Å². The molecule has 1 amide bonds. The van der Waals surface area contributed by atoms with E-state index in [1.807, 2.05) is 50.2 Å². The molecule has 0 spiro atoms. The van der Waals surface area contributed by atoms with Crippen LogP contribution in [0.3, 0.4) is 0 Å². The van der Waals surface area contributed by atoms with Crippen LogP contribution in [0.4, 0.5) is 5.69 Å². The molecule has 9 nitrogen and oxygen atoms in total. The van der Waals surface area contributed by atoms with Gasteiger partial charge in [-0.25, -0.2) is 4.98 Å². The third kappa shape index (κ3) is 5.01. The van der Waals surface area contributed by atoms with E-state index >= 15 is 0 Å². The van der Waals surface area contributed by atoms with Gasteiger partial charge in [-0.2, -0.15) is 0 Å². The molecule has 0 saturated carbocycles. The lowest BCUT2D eigenvalue weighted by atomic mass is 10.1. The summed E-state index contributed by atoms with van der Waals surface area (Å²) in [5.41, 5.74) is 2.36. The van der Waals surface area contributed by atoms with Crippen LogP contribution in [0, 0.1) is 0 Å². The highest BCUT2D eigenvalue weighted by Gasteiger charge is 2.19. The summed E-state index contributed by atoms with van der Waals surface area (Å²) in [6, 6.07) is 11.5. The number of carbonyl (C=O) groups excluding carboxylic acids is 1. The molecule has 2 aliphatic rings. The maximum atomic E-state index is 13.8. The van der Waals surface area contributed by atoms with E-state index in [0.29, 0.717) is 60.4 Å². The van der Waals surface area contributed by atoms with Crippen LogP contribution in [0.5, 0.6) is 11.5 Å². The van der Waals surface area contributed by atoms with Crippen molar-refractivity contribution in [3.05, 3.63) is 52.3 Å². The lowest BCUT2D eigenvalue weighted by Gasteiger charge is -2.29. The molecule has 0 N–H and O–H groups in total. The molecule has 190 valence electrons. The largest absolute Gasteiger partial charge is 0.454 e. The minimum Gasteiger partial charge on any atom is -0.454 e. The molecule has 3 aromatic rings. The fourth-order valence-electron chi connectivity index (χ4n) is 4.47. The van der Waals surface area contributed by atoms with Crippen molar-refractivity contribution in [1.82, 2.24) is 14.5 Å². The average molecular weight is 511 g/mol. The molecule has 1 aromatic heterocycles. The molecule has 3 heterocycles. The molecule has 1 saturated heterocycles. The third-order valence-corrected chi connectivity index (χ3v) is 7.46. The number of hydrogen-bond donors (Lipinski definition) is 0. The van der Waals surface area contributed by atoms with E-state index in [2.05, 4.69) is 4.90 Å². The van der Waals surface area contributed by atoms with Crippen LogP contribution in [0.1, 0.15) is 19.4 Å². The van der Waals surface area contributed by atoms with E-state index in [-0.39, 0.29) is 24.0 Å². The minimum atomic E-state index is -0.134. The molecular formula is C26H30N4O5S. The zero-order valence-corrected chi connectivity index (χ0v) is 21.4. The van der Waals surface area contributed by atoms with E-state index in [1.54, 1.807) is 9.47 Å². The Morgan fingerprint density at radius 1 is 1.06 bits per heavy atom. The van der Waals surface area contributed by atoms with Crippen LogP contribution >= 0.6 is 11.8 Å². The van der Waals surface area contributed by atoms with Gasteiger partial charge < -0.3 is 24.0 Å². The molecule has 0 bridgehead atoms. The van der Waals surface area contributed by atoms with Crippen LogP contribution in [0.15, 0.2) is 46.3 Å². The summed E-state index contributed by atoms with van der Waals surface area (Å²) in [7, 11) is 0. The first-order valence-corrected chi connectivity index (χ1v) is 13.2. The normalized spacial score (nSPS) is 14.9. The Labute approximate surface area is 213 Å². The number of thioether (sulfide) groups is 1. The van der Waals surface area contributed by atoms with Gasteiger partial charge in [0.25, 0.3) is 5.56 Å². The van der Waals surface area contributed by atoms with Gasteiger partial charge in [-0.1, -0.05) is 17.8 Å². The maximum Gasteiger partial charge on any atom is 0.262 e. The smallest absolute Gasteiger partial charge is 0.262 e. The monoisotopic (exact) mass is 510 g/mol. The summed E-state index contributed by atoms with van der Waals surface area (Å²) < 4.78 is 18.1. The van der Waals surface area contributed by atoms with Gasteiger partial charge in [0, 0.05) is 31.9 Å². The highest BCUT2D eigenvalue weighted by atomic mass is 32.2. The summed E-state index contributed by atoms with van der Waals surface area (Å²) in [5, 5.41) is 1.07. The number of aromatic nitrogens is 2. The lowest BCUT2D eigenvalue weighted by Crippen LogP contribution is -2.36. The molecule has 2 aromatic carbocycles. The second-order valence-electron chi connectivity index (χ2n) is 8.63. The third-order valence-electron chi connectivity index (χ3n) is 6.50. The summed E-state index contributed by atoms with van der Waals surface area (Å²) in [5.74, 6) is 1.59. The summed E-state index contributed by atoms with van der Waals surface area (Å²) in [4.78, 5) is 35.3. The van der Waals surface area contributed by atoms with Crippen molar-refractivity contribution < 1.29 is 19.0 Å². The average Bonchev–Trinajstić information content (AvgIpc) is 3.38. The minimum absolute atomic E-state index is 0.0247. The maximum absolute atomic E-state index is 13.8. The molecule has 10 heteroatoms. The van der Waals surface area contributed by atoms with E-state index in [9.17, 15) is 9.59 Å². The predicted molar refractivity (Wildman–Crippen MR) is 139 cm³/mol. The molecule has 5 rings (SSSR count). The first kappa shape index (κ1) is 24.5. The van der Waals surface area contributed by atoms with E-state index < -0.39 is 0 Å². The predicted octanol–water partition coefficient (Wildman–Crippen LogP) is 2.97. The van der Waals surface area contributed by atoms with Crippen molar-refractivity contribution in [1.29, 1.82) is 0 Å². The summed E-state index contributed by atoms with van der Waals surface area (Å²) in [6.45, 7) is 8.62. The first-order valence-electron chi connectivity index (χ1n) is 12.2. The molecule has 36 heavy (non-hydrogen) atoms. The number of rotatable bonds is 8. The molecule has 0 radical (unpaired) electrons. The van der Waals surface area contributed by atoms with Gasteiger partial charge in [0.05, 0.1) is 36.4 Å². The standard InChI is InChI=1S/C26H30N4O5S/c1-3-28(4-2)24(31)16-36-26-27-21-7-6-19(29-9-11-33-12-10-29)14-20(21)25(32)30(26)15-18-5-8-22-23(13-18)35-17-34-22/h5-8,13-14H,3-4,9-12,15-17H2,1-2H3. The van der Waals surface area contributed by atoms with Crippen LogP contribution in [0.25, 0.3) is 10.9 Å². The number of hydrogen-bond acceptors (Lipinski definition) is 8. The highest BCUT2D eigenvalue weighted by Crippen LogP contribution is 2.33. The molecule has 1 fully saturated rings. The van der Waals surface area contributed by atoms with Crippen molar-refractivity contribution in [3.63, 3.8) is 0 Å². The van der Waals surface area contributed by atoms with E-state index in [4.69, 9.17) is 19.2 Å². The van der Waals surface area contributed by atoms with Gasteiger partial charge >= 0.3 is 0 Å². The number of morpholine rings is 1. The Morgan fingerprint density at radius 2 is 1.83 bits per heavy atom. The van der Waals surface area contributed by atoms with Gasteiger partial charge in [-0.3, -0.25) is 14.2 Å². The molecule has 2 aliphatic heterocycles. The number of carbonyl (C=O) groups is 1. The summed E-state index contributed by atoms with van der Waals surface area (Å²) in [6.07, 6.45) is 0. The van der Waals surface area contributed by atoms with E-state index in [0.717, 1.165) is 24.3 Å². The Balaban J connectivity index is 1.52. The molecule has 0 aliphatic carbocycles. The molecular weight excluding hydrogens is 480 g/mol. The van der Waals surface area contributed by atoms with Gasteiger partial charge in [0.2, 0.25) is 12.7 Å². The Morgan fingerprint density at radius 3 is 2.61 bits per heavy atom. The SMILES string of the molecule is CCN(CC)C(=O)CSc1nc2ccc(N3CCOCC3)cc2c(=O)n1Cc1ccc2c(c1)OCO2. The fourth-order valence-corrected chi connectivity index (χ4v) is 5.37. The summed E-state index contributed by atoms with van der Waals surface area (Å²) >= 11 is 1.30. The van der Waals surface area contributed by atoms with Crippen molar-refractivity contribution >= 4 is 34.3 Å². The van der Waals surface area contributed by atoms with Gasteiger partial charge in [-0.05, 0) is 49.7 Å². The van der Waals surface area contributed by atoms with Gasteiger partial charge in [-0.15, -0.1) is 0 Å². The second-order valence-corrected chi connectivity index (χ2v) is 9.57. The van der Waals surface area contributed by atoms with E-state index in [1.165, 1.54) is 11.8 Å². The second kappa shape index (κ2) is 10.8. The van der Waals surface area contributed by atoms with Crippen LogP contribution < -0.4 is 19.9 Å². The van der Waals surface area contributed by atoms with Crippen LogP contribution in [-0.4, -0.2) is 72.3 Å². The van der Waals surface area contributed by atoms with Crippen molar-refractivity contribution in [2.24, 2.45) is 0 Å². The highest BCUT2D eigenvalue weighted by molar-refractivity contribution is 7.99. The quantitative estimate of drug-likeness (QED) is 0.338. The molecule has 0 atom stereocenters. The lowest BCUT2D eigenvalue weighted by molar-refractivity contribution is -0.127. The first-order chi connectivity index (χ1) is 17.6. The van der Waals surface area contributed by atoms with Crippen LogP contribution in [-0.2, 0) is 16.1 Å². The number of fused-ring (bicyclic) bond motifs is 2. The molecule has 0 unspecified atom stereocenters. The van der Waals surface area contributed by atoms with Gasteiger partial charge in [0.1, 0.15) is 0 Å². The number of anilines is 1. The zero-order chi connectivity index (χ0) is 25.1. The fraction of sp³-hybridized carbons (Fsp3) is 0.423. The van der Waals surface area contributed by atoms with Crippen LogP contribution in [0.2, 0.25) is 0 Å². The number of benzene rings is 2. The van der Waals surface area contributed by atoms with Crippen molar-refractivity contribution in [3.8, 4) is 11.5 Å². The van der Waals surface area contributed by atoms with Gasteiger partial charge in [0.15, 0.2) is 16.7 Å². The number of amides is 1. The number of nitrogens with zero attached hydrogens (tertiary/aromatic N) is 4. The Hall–Kier alpha value is -3.24.